The highest BCUT2D eigenvalue weighted by molar-refractivity contribution is 5.99. The second-order valence-electron chi connectivity index (χ2n) is 7.90. The number of hydrogen-bond acceptors (Lipinski definition) is 5. The van der Waals surface area contributed by atoms with E-state index in [2.05, 4.69) is 20.3 Å². The zero-order valence-electron chi connectivity index (χ0n) is 18.1. The van der Waals surface area contributed by atoms with E-state index in [0.29, 0.717) is 40.3 Å². The van der Waals surface area contributed by atoms with Crippen LogP contribution >= 0.6 is 0 Å². The summed E-state index contributed by atoms with van der Waals surface area (Å²) in [5.41, 5.74) is 2.92. The topological polar surface area (TPSA) is 76.5 Å². The average Bonchev–Trinajstić information content (AvgIpc) is 3.30. The molecule has 0 unspecified atom stereocenters. The molecule has 0 bridgehead atoms. The molecule has 4 rings (SSSR count). The first kappa shape index (κ1) is 21.6. The number of ether oxygens (including phenoxy) is 1. The number of halogens is 1. The van der Waals surface area contributed by atoms with Crippen molar-refractivity contribution in [3.05, 3.63) is 66.1 Å². The van der Waals surface area contributed by atoms with Crippen molar-refractivity contribution in [2.75, 3.05) is 6.54 Å². The van der Waals surface area contributed by atoms with Crippen molar-refractivity contribution in [3.8, 4) is 17.3 Å². The van der Waals surface area contributed by atoms with Gasteiger partial charge in [0, 0.05) is 36.0 Å². The van der Waals surface area contributed by atoms with Crippen molar-refractivity contribution < 1.29 is 13.9 Å². The second-order valence-corrected chi connectivity index (χ2v) is 7.90. The molecule has 2 heterocycles. The molecule has 0 atom stereocenters. The van der Waals surface area contributed by atoms with Gasteiger partial charge in [0.15, 0.2) is 5.82 Å². The van der Waals surface area contributed by atoms with E-state index >= 15 is 0 Å². The number of fused-ring (bicyclic) bond motifs is 1. The number of allylic oxidation sites excluding steroid dienone is 1. The molecule has 1 aromatic heterocycles. The maximum atomic E-state index is 13.3. The molecule has 1 aliphatic heterocycles. The monoisotopic (exact) mass is 432 g/mol. The van der Waals surface area contributed by atoms with E-state index < -0.39 is 0 Å². The normalized spacial score (nSPS) is 12.9. The first-order chi connectivity index (χ1) is 15.5. The van der Waals surface area contributed by atoms with Crippen LogP contribution in [0.3, 0.4) is 0 Å². The van der Waals surface area contributed by atoms with Crippen molar-refractivity contribution in [2.45, 2.75) is 39.2 Å². The first-order valence-corrected chi connectivity index (χ1v) is 10.7. The van der Waals surface area contributed by atoms with Crippen molar-refractivity contribution in [1.29, 1.82) is 0 Å². The van der Waals surface area contributed by atoms with Gasteiger partial charge in [-0.1, -0.05) is 6.08 Å². The molecule has 0 fully saturated rings. The molecule has 32 heavy (non-hydrogen) atoms. The van der Waals surface area contributed by atoms with Gasteiger partial charge in [0.1, 0.15) is 5.82 Å². The Bertz CT molecular complexity index is 1190. The van der Waals surface area contributed by atoms with Crippen LogP contribution < -0.4 is 10.1 Å². The van der Waals surface area contributed by atoms with Crippen LogP contribution in [0.15, 0.2) is 59.7 Å². The van der Waals surface area contributed by atoms with Crippen molar-refractivity contribution >= 4 is 22.5 Å². The highest BCUT2D eigenvalue weighted by Gasteiger charge is 2.15. The van der Waals surface area contributed by atoms with Gasteiger partial charge in [-0.2, -0.15) is 4.98 Å². The molecule has 1 amide bonds. The van der Waals surface area contributed by atoms with Crippen LogP contribution in [0.4, 0.5) is 4.39 Å². The Kier molecular flexibility index (Phi) is 6.54. The van der Waals surface area contributed by atoms with Crippen LogP contribution in [0.2, 0.25) is 0 Å². The van der Waals surface area contributed by atoms with E-state index in [0.717, 1.165) is 25.0 Å². The van der Waals surface area contributed by atoms with Gasteiger partial charge in [0.2, 0.25) is 5.88 Å². The van der Waals surface area contributed by atoms with Gasteiger partial charge >= 0.3 is 0 Å². The Morgan fingerprint density at radius 3 is 2.69 bits per heavy atom. The van der Waals surface area contributed by atoms with Crippen LogP contribution in [0.1, 0.15) is 43.5 Å². The van der Waals surface area contributed by atoms with Gasteiger partial charge < -0.3 is 10.1 Å². The van der Waals surface area contributed by atoms with Crippen LogP contribution in [-0.4, -0.2) is 34.2 Å². The number of benzene rings is 2. The van der Waals surface area contributed by atoms with Crippen molar-refractivity contribution in [1.82, 2.24) is 15.3 Å². The lowest BCUT2D eigenvalue weighted by Crippen LogP contribution is -2.24. The van der Waals surface area contributed by atoms with E-state index in [1.807, 2.05) is 26.1 Å². The number of carbonyl (C=O) groups excluding carboxylic acids is 1. The standard InChI is InChI=1S/C25H25FN4O2/c1-16(2)32-25-21-12-9-18(24(31)28-14-4-6-20-5-3-13-27-20)15-22(21)29-23(30-25)17-7-10-19(26)11-8-17/h3,7-13,15-16H,4-6,14H2,1-2H3,(H,28,31). The molecule has 0 saturated carbocycles. The second kappa shape index (κ2) is 9.68. The fourth-order valence-electron chi connectivity index (χ4n) is 3.45. The molecule has 1 N–H and O–H groups in total. The Hall–Kier alpha value is -3.61. The zero-order chi connectivity index (χ0) is 22.5. The first-order valence-electron chi connectivity index (χ1n) is 10.7. The summed E-state index contributed by atoms with van der Waals surface area (Å²) >= 11 is 0. The van der Waals surface area contributed by atoms with Gasteiger partial charge in [0.25, 0.3) is 5.91 Å². The Labute approximate surface area is 186 Å². The largest absolute Gasteiger partial charge is 0.474 e. The number of nitrogens with one attached hydrogen (secondary N) is 1. The summed E-state index contributed by atoms with van der Waals surface area (Å²) in [6, 6.07) is 11.3. The van der Waals surface area contributed by atoms with Crippen molar-refractivity contribution in [2.24, 2.45) is 4.99 Å². The summed E-state index contributed by atoms with van der Waals surface area (Å²) < 4.78 is 19.2. The minimum Gasteiger partial charge on any atom is -0.474 e. The molecule has 7 heteroatoms. The third-order valence-electron chi connectivity index (χ3n) is 5.02. The number of aliphatic imine (C=N–C) groups is 1. The number of amides is 1. The summed E-state index contributed by atoms with van der Waals surface area (Å²) in [6.45, 7) is 4.41. The zero-order valence-corrected chi connectivity index (χ0v) is 18.1. The molecule has 0 saturated heterocycles. The molecule has 0 aliphatic carbocycles. The van der Waals surface area contributed by atoms with E-state index in [-0.39, 0.29) is 17.8 Å². The third-order valence-corrected chi connectivity index (χ3v) is 5.02. The quantitative estimate of drug-likeness (QED) is 0.503. The fraction of sp³-hybridized carbons (Fsp3) is 0.280. The number of aromatic nitrogens is 2. The van der Waals surface area contributed by atoms with E-state index in [1.54, 1.807) is 30.3 Å². The van der Waals surface area contributed by atoms with Gasteiger partial charge in [-0.05, 0) is 69.2 Å². The highest BCUT2D eigenvalue weighted by Crippen LogP contribution is 2.28. The number of rotatable bonds is 8. The van der Waals surface area contributed by atoms with Gasteiger partial charge in [0.05, 0.1) is 17.0 Å². The van der Waals surface area contributed by atoms with Crippen molar-refractivity contribution in [3.63, 3.8) is 0 Å². The average molecular weight is 432 g/mol. The van der Waals surface area contributed by atoms with Crippen LogP contribution in [-0.2, 0) is 0 Å². The molecule has 2 aromatic carbocycles. The number of nitrogens with zero attached hydrogens (tertiary/aromatic N) is 3. The minimum absolute atomic E-state index is 0.0863. The maximum Gasteiger partial charge on any atom is 0.251 e. The number of carbonyl (C=O) groups is 1. The SMILES string of the molecule is CC(C)Oc1nc(-c2ccc(F)cc2)nc2cc(C(=O)NCCCC3=NC=CC3)ccc12. The van der Waals surface area contributed by atoms with Crippen LogP contribution in [0.5, 0.6) is 5.88 Å². The van der Waals surface area contributed by atoms with Crippen LogP contribution in [0.25, 0.3) is 22.3 Å². The van der Waals surface area contributed by atoms with Crippen LogP contribution in [0, 0.1) is 5.82 Å². The number of hydrogen-bond donors (Lipinski definition) is 1. The summed E-state index contributed by atoms with van der Waals surface area (Å²) in [5.74, 6) is 0.356. The smallest absolute Gasteiger partial charge is 0.251 e. The highest BCUT2D eigenvalue weighted by atomic mass is 19.1. The van der Waals surface area contributed by atoms with Gasteiger partial charge in [-0.15, -0.1) is 0 Å². The molecular weight excluding hydrogens is 407 g/mol. The van der Waals surface area contributed by atoms with Gasteiger partial charge in [-0.25, -0.2) is 9.37 Å². The molecule has 3 aromatic rings. The predicted octanol–water partition coefficient (Wildman–Crippen LogP) is 5.09. The Morgan fingerprint density at radius 2 is 1.97 bits per heavy atom. The molecule has 1 aliphatic rings. The Balaban J connectivity index is 1.56. The summed E-state index contributed by atoms with van der Waals surface area (Å²) in [6.07, 6.45) is 6.37. The molecule has 6 nitrogen and oxygen atoms in total. The molecule has 0 spiro atoms. The molecule has 0 radical (unpaired) electrons. The lowest BCUT2D eigenvalue weighted by atomic mass is 10.1. The lowest BCUT2D eigenvalue weighted by Gasteiger charge is -2.13. The van der Waals surface area contributed by atoms with E-state index in [1.165, 1.54) is 12.1 Å². The lowest BCUT2D eigenvalue weighted by molar-refractivity contribution is 0.0953. The van der Waals surface area contributed by atoms with Gasteiger partial charge in [-0.3, -0.25) is 9.79 Å². The molecular formula is C25H25FN4O2. The van der Waals surface area contributed by atoms with E-state index in [4.69, 9.17) is 4.74 Å². The minimum atomic E-state index is -0.330. The molecule has 164 valence electrons. The predicted molar refractivity (Wildman–Crippen MR) is 123 cm³/mol. The summed E-state index contributed by atoms with van der Waals surface area (Å²) in [4.78, 5) is 26.1. The summed E-state index contributed by atoms with van der Waals surface area (Å²) in [7, 11) is 0. The van der Waals surface area contributed by atoms with E-state index in [9.17, 15) is 9.18 Å². The fourth-order valence-corrected chi connectivity index (χ4v) is 3.45. The Morgan fingerprint density at radius 1 is 1.16 bits per heavy atom. The maximum absolute atomic E-state index is 13.3. The third kappa shape index (κ3) is 5.17. The summed E-state index contributed by atoms with van der Waals surface area (Å²) in [5, 5.41) is 3.67.